The van der Waals surface area contributed by atoms with Crippen molar-refractivity contribution in [3.8, 4) is 11.3 Å². The molecule has 2 aliphatic rings. The van der Waals surface area contributed by atoms with Crippen LogP contribution in [-0.2, 0) is 21.8 Å². The summed E-state index contributed by atoms with van der Waals surface area (Å²) in [6.45, 7) is 1.16. The van der Waals surface area contributed by atoms with Gasteiger partial charge in [0, 0.05) is 44.1 Å². The fourth-order valence-electron chi connectivity index (χ4n) is 6.68. The Labute approximate surface area is 275 Å². The number of halogens is 3. The molecule has 2 atom stereocenters. The minimum absolute atomic E-state index is 0.0266. The summed E-state index contributed by atoms with van der Waals surface area (Å²) in [6, 6.07) is 9.50. The molecule has 46 heavy (non-hydrogen) atoms. The number of aromatic nitrogens is 3. The number of carbonyl (C=O) groups is 2. The molecule has 2 aromatic heterocycles. The van der Waals surface area contributed by atoms with Gasteiger partial charge in [-0.25, -0.2) is 26.9 Å². The van der Waals surface area contributed by atoms with Crippen molar-refractivity contribution in [3.63, 3.8) is 0 Å². The molecular weight excluding hydrogens is 658 g/mol. The normalized spacial score (nSPS) is 19.6. The number of nitrogens with zero attached hydrogens (tertiary/aromatic N) is 4. The molecule has 2 fully saturated rings. The van der Waals surface area contributed by atoms with Crippen LogP contribution >= 0.6 is 23.2 Å². The summed E-state index contributed by atoms with van der Waals surface area (Å²) in [4.78, 5) is 35.3. The third-order valence-corrected chi connectivity index (χ3v) is 11.0. The summed E-state index contributed by atoms with van der Waals surface area (Å²) in [5, 5.41) is 3.26. The number of hydrogen-bond acceptors (Lipinski definition) is 6. The Morgan fingerprint density at radius 2 is 1.78 bits per heavy atom. The number of aryl methyl sites for hydroxylation is 1. The SMILES string of the molecule is COC(=O)Nc1ccc(-c2nc([C@@H]3C[C@H](C4CCN(S(C)(=O)=O)CC4)CN3C(=O)c3ccc4c(c(Cl)cn4C)c3F)[nH]c2Cl)cc1. The molecule has 6 rings (SSSR count). The number of aromatic amines is 1. The van der Waals surface area contributed by atoms with Gasteiger partial charge in [-0.3, -0.25) is 10.1 Å². The number of fused-ring (bicyclic) bond motifs is 1. The Kier molecular flexibility index (Phi) is 8.79. The third-order valence-electron chi connectivity index (χ3n) is 9.09. The lowest BCUT2D eigenvalue weighted by molar-refractivity contribution is 0.0716. The van der Waals surface area contributed by atoms with Gasteiger partial charge in [-0.15, -0.1) is 0 Å². The molecule has 0 aliphatic carbocycles. The predicted molar refractivity (Wildman–Crippen MR) is 174 cm³/mol. The van der Waals surface area contributed by atoms with Gasteiger partial charge in [-0.05, 0) is 55.4 Å². The van der Waals surface area contributed by atoms with Crippen LogP contribution in [0.5, 0.6) is 0 Å². The molecule has 0 radical (unpaired) electrons. The highest BCUT2D eigenvalue weighted by Gasteiger charge is 2.43. The lowest BCUT2D eigenvalue weighted by Gasteiger charge is -2.33. The van der Waals surface area contributed by atoms with Gasteiger partial charge in [-0.1, -0.05) is 35.3 Å². The number of H-pyrrole nitrogens is 1. The zero-order valence-corrected chi connectivity index (χ0v) is 27.7. The molecule has 2 saturated heterocycles. The largest absolute Gasteiger partial charge is 0.453 e. The van der Waals surface area contributed by atoms with E-state index in [9.17, 15) is 18.0 Å². The van der Waals surface area contributed by atoms with Gasteiger partial charge in [0.1, 0.15) is 22.5 Å². The van der Waals surface area contributed by atoms with Crippen molar-refractivity contribution in [3.05, 3.63) is 70.0 Å². The van der Waals surface area contributed by atoms with E-state index in [0.29, 0.717) is 67.2 Å². The Bertz CT molecular complexity index is 1920. The number of likely N-dealkylation sites (tertiary alicyclic amines) is 1. The lowest BCUT2D eigenvalue weighted by atomic mass is 9.83. The van der Waals surface area contributed by atoms with Gasteiger partial charge in [0.25, 0.3) is 5.91 Å². The molecule has 2 aliphatic heterocycles. The van der Waals surface area contributed by atoms with Crippen LogP contribution in [0.1, 0.15) is 41.5 Å². The molecular formula is C31H33Cl2FN6O5S. The topological polar surface area (TPSA) is 130 Å². The second-order valence-electron chi connectivity index (χ2n) is 11.9. The van der Waals surface area contributed by atoms with Crippen LogP contribution in [0, 0.1) is 17.7 Å². The molecule has 2 N–H and O–H groups in total. The third kappa shape index (κ3) is 6.08. The summed E-state index contributed by atoms with van der Waals surface area (Å²) in [5.74, 6) is -0.531. The van der Waals surface area contributed by atoms with E-state index in [0.717, 1.165) is 0 Å². The fourth-order valence-corrected chi connectivity index (χ4v) is 8.13. The number of methoxy groups -OCH3 is 1. The Hall–Kier alpha value is -3.65. The number of sulfonamides is 1. The van der Waals surface area contributed by atoms with Crippen molar-refractivity contribution in [2.45, 2.75) is 25.3 Å². The summed E-state index contributed by atoms with van der Waals surface area (Å²) in [6.07, 6.45) is 4.07. The van der Waals surface area contributed by atoms with E-state index in [4.69, 9.17) is 28.2 Å². The number of rotatable bonds is 6. The monoisotopic (exact) mass is 690 g/mol. The van der Waals surface area contributed by atoms with Crippen LogP contribution in [0.2, 0.25) is 10.2 Å². The molecule has 0 unspecified atom stereocenters. The minimum atomic E-state index is -3.29. The first kappa shape index (κ1) is 32.3. The summed E-state index contributed by atoms with van der Waals surface area (Å²) in [5.41, 5.74) is 2.14. The molecule has 11 nitrogen and oxygen atoms in total. The van der Waals surface area contributed by atoms with E-state index >= 15 is 4.39 Å². The highest BCUT2D eigenvalue weighted by molar-refractivity contribution is 7.88. The highest BCUT2D eigenvalue weighted by Crippen LogP contribution is 2.43. The Morgan fingerprint density at radius 1 is 1.09 bits per heavy atom. The number of piperidine rings is 1. The fraction of sp³-hybridized carbons (Fsp3) is 0.387. The highest BCUT2D eigenvalue weighted by atomic mass is 35.5. The number of nitrogens with one attached hydrogen (secondary N) is 2. The van der Waals surface area contributed by atoms with Crippen molar-refractivity contribution in [2.75, 3.05) is 38.3 Å². The lowest BCUT2D eigenvalue weighted by Crippen LogP contribution is -2.40. The Morgan fingerprint density at radius 3 is 2.43 bits per heavy atom. The van der Waals surface area contributed by atoms with E-state index in [-0.39, 0.29) is 33.0 Å². The molecule has 4 heterocycles. The predicted octanol–water partition coefficient (Wildman–Crippen LogP) is 6.07. The van der Waals surface area contributed by atoms with Crippen LogP contribution in [0.4, 0.5) is 14.9 Å². The molecule has 2 amide bonds. The van der Waals surface area contributed by atoms with Gasteiger partial charge >= 0.3 is 6.09 Å². The maximum atomic E-state index is 15.9. The maximum Gasteiger partial charge on any atom is 0.411 e. The number of amides is 2. The van der Waals surface area contributed by atoms with E-state index in [1.54, 1.807) is 53.0 Å². The molecule has 0 saturated carbocycles. The van der Waals surface area contributed by atoms with E-state index in [2.05, 4.69) is 15.0 Å². The van der Waals surface area contributed by atoms with E-state index < -0.39 is 33.9 Å². The Balaban J connectivity index is 1.32. The van der Waals surface area contributed by atoms with Crippen molar-refractivity contribution in [1.82, 2.24) is 23.7 Å². The van der Waals surface area contributed by atoms with Gasteiger partial charge < -0.3 is 19.2 Å². The van der Waals surface area contributed by atoms with Crippen LogP contribution in [-0.4, -0.2) is 77.2 Å². The van der Waals surface area contributed by atoms with E-state index in [1.807, 2.05) is 0 Å². The zero-order valence-electron chi connectivity index (χ0n) is 25.4. The number of ether oxygens (including phenoxy) is 1. The van der Waals surface area contributed by atoms with Crippen molar-refractivity contribution in [1.29, 1.82) is 0 Å². The first-order chi connectivity index (χ1) is 21.8. The van der Waals surface area contributed by atoms with Gasteiger partial charge in [0.15, 0.2) is 0 Å². The van der Waals surface area contributed by atoms with Crippen molar-refractivity contribution >= 4 is 61.8 Å². The first-order valence-corrected chi connectivity index (χ1v) is 17.4. The number of anilines is 1. The number of imidazole rings is 1. The molecule has 4 aromatic rings. The first-order valence-electron chi connectivity index (χ1n) is 14.8. The summed E-state index contributed by atoms with van der Waals surface area (Å²) in [7, 11) is -0.259. The molecule has 15 heteroatoms. The zero-order chi connectivity index (χ0) is 32.9. The van der Waals surface area contributed by atoms with Gasteiger partial charge in [-0.2, -0.15) is 0 Å². The second-order valence-corrected chi connectivity index (χ2v) is 14.6. The molecule has 0 spiro atoms. The van der Waals surface area contributed by atoms with Crippen LogP contribution < -0.4 is 5.32 Å². The van der Waals surface area contributed by atoms with Gasteiger partial charge in [0.2, 0.25) is 10.0 Å². The number of benzene rings is 2. The second kappa shape index (κ2) is 12.5. The summed E-state index contributed by atoms with van der Waals surface area (Å²) < 4.78 is 48.0. The van der Waals surface area contributed by atoms with Crippen LogP contribution in [0.25, 0.3) is 22.2 Å². The van der Waals surface area contributed by atoms with Crippen molar-refractivity contribution in [2.24, 2.45) is 18.9 Å². The summed E-state index contributed by atoms with van der Waals surface area (Å²) >= 11 is 13.0. The van der Waals surface area contributed by atoms with Crippen molar-refractivity contribution < 1.29 is 27.1 Å². The quantitative estimate of drug-likeness (QED) is 0.253. The smallest absolute Gasteiger partial charge is 0.411 e. The number of carbonyl (C=O) groups excluding carboxylic acids is 2. The standard InChI is InChI=1S/C31H33Cl2FN6O5S/c1-38-16-22(32)25-23(38)9-8-21(26(25)34)30(41)40-15-19(17-10-12-39(13-11-17)46(3,43)44)14-24(40)29-36-27(28(33)37-29)18-4-6-20(7-5-18)35-31(42)45-2/h4-9,16-17,19,24H,10-15H2,1-3H3,(H,35,42)(H,36,37)/t19-,24-/m0/s1. The molecule has 0 bridgehead atoms. The van der Waals surface area contributed by atoms with Crippen LogP contribution in [0.3, 0.4) is 0 Å². The average molecular weight is 692 g/mol. The van der Waals surface area contributed by atoms with Gasteiger partial charge in [0.05, 0.1) is 40.9 Å². The molecule has 244 valence electrons. The van der Waals surface area contributed by atoms with Crippen LogP contribution in [0.15, 0.2) is 42.6 Å². The minimum Gasteiger partial charge on any atom is -0.453 e. The maximum absolute atomic E-state index is 15.9. The molecule has 2 aromatic carbocycles. The number of hydrogen-bond donors (Lipinski definition) is 2. The van der Waals surface area contributed by atoms with E-state index in [1.165, 1.54) is 23.7 Å². The average Bonchev–Trinajstić information content (AvgIpc) is 3.72.